The van der Waals surface area contributed by atoms with E-state index in [9.17, 15) is 4.79 Å². The Morgan fingerprint density at radius 2 is 1.60 bits per heavy atom. The molecule has 0 atom stereocenters. The molecular weight excluding hydrogens is 400 g/mol. The SMILES string of the molecule is N#CCc1ccc(OCc2ccccc2NC(=O)CCOc2ccc(Cl)cc2)cc1. The molecule has 152 valence electrons. The average Bonchev–Trinajstić information content (AvgIpc) is 2.76. The second-order valence-corrected chi connectivity index (χ2v) is 6.96. The molecule has 0 aromatic heterocycles. The predicted octanol–water partition coefficient (Wildman–Crippen LogP) is 5.39. The van der Waals surface area contributed by atoms with E-state index < -0.39 is 0 Å². The molecule has 0 aliphatic heterocycles. The van der Waals surface area contributed by atoms with Crippen LogP contribution in [0.25, 0.3) is 0 Å². The van der Waals surface area contributed by atoms with Crippen molar-refractivity contribution in [2.24, 2.45) is 0 Å². The molecule has 3 aromatic rings. The summed E-state index contributed by atoms with van der Waals surface area (Å²) in [6, 6.07) is 24.0. The van der Waals surface area contributed by atoms with Crippen LogP contribution in [-0.4, -0.2) is 12.5 Å². The van der Waals surface area contributed by atoms with Gasteiger partial charge in [-0.15, -0.1) is 0 Å². The quantitative estimate of drug-likeness (QED) is 0.503. The van der Waals surface area contributed by atoms with Crippen LogP contribution in [0.1, 0.15) is 17.5 Å². The van der Waals surface area contributed by atoms with E-state index in [1.165, 1.54) is 0 Å². The molecule has 0 saturated heterocycles. The van der Waals surface area contributed by atoms with Crippen molar-refractivity contribution in [3.63, 3.8) is 0 Å². The zero-order valence-electron chi connectivity index (χ0n) is 16.3. The molecule has 1 N–H and O–H groups in total. The van der Waals surface area contributed by atoms with Crippen LogP contribution in [0.15, 0.2) is 72.8 Å². The molecule has 0 saturated carbocycles. The predicted molar refractivity (Wildman–Crippen MR) is 117 cm³/mol. The first-order valence-electron chi connectivity index (χ1n) is 9.49. The molecule has 0 heterocycles. The molecule has 0 fully saturated rings. The molecule has 5 nitrogen and oxygen atoms in total. The summed E-state index contributed by atoms with van der Waals surface area (Å²) in [6.45, 7) is 0.580. The van der Waals surface area contributed by atoms with Crippen LogP contribution in [0.3, 0.4) is 0 Å². The number of nitrogens with zero attached hydrogens (tertiary/aromatic N) is 1. The van der Waals surface area contributed by atoms with Crippen molar-refractivity contribution in [3.05, 3.63) is 88.9 Å². The van der Waals surface area contributed by atoms with Gasteiger partial charge in [0.1, 0.15) is 18.1 Å². The van der Waals surface area contributed by atoms with Crippen molar-refractivity contribution in [2.75, 3.05) is 11.9 Å². The van der Waals surface area contributed by atoms with E-state index in [-0.39, 0.29) is 18.9 Å². The van der Waals surface area contributed by atoms with E-state index in [1.54, 1.807) is 24.3 Å². The Morgan fingerprint density at radius 3 is 2.33 bits per heavy atom. The maximum Gasteiger partial charge on any atom is 0.227 e. The van der Waals surface area contributed by atoms with E-state index in [2.05, 4.69) is 11.4 Å². The number of hydrogen-bond acceptors (Lipinski definition) is 4. The van der Waals surface area contributed by atoms with Gasteiger partial charge in [0.05, 0.1) is 25.5 Å². The summed E-state index contributed by atoms with van der Waals surface area (Å²) in [4.78, 5) is 12.3. The Labute approximate surface area is 180 Å². The van der Waals surface area contributed by atoms with Gasteiger partial charge in [-0.05, 0) is 48.0 Å². The number of carbonyl (C=O) groups is 1. The zero-order chi connectivity index (χ0) is 21.2. The number of amides is 1. The number of hydrogen-bond donors (Lipinski definition) is 1. The first kappa shape index (κ1) is 21.2. The van der Waals surface area contributed by atoms with E-state index in [0.29, 0.717) is 35.2 Å². The number of carbonyl (C=O) groups excluding carboxylic acids is 1. The van der Waals surface area contributed by atoms with Crippen molar-refractivity contribution in [3.8, 4) is 17.6 Å². The van der Waals surface area contributed by atoms with Crippen molar-refractivity contribution in [2.45, 2.75) is 19.4 Å². The summed E-state index contributed by atoms with van der Waals surface area (Å²) in [7, 11) is 0. The number of nitrogens with one attached hydrogen (secondary N) is 1. The first-order chi connectivity index (χ1) is 14.6. The van der Waals surface area contributed by atoms with Crippen molar-refractivity contribution in [1.82, 2.24) is 0 Å². The van der Waals surface area contributed by atoms with E-state index in [0.717, 1.165) is 11.1 Å². The maximum absolute atomic E-state index is 12.3. The van der Waals surface area contributed by atoms with E-state index >= 15 is 0 Å². The second-order valence-electron chi connectivity index (χ2n) is 6.53. The normalized spacial score (nSPS) is 10.1. The summed E-state index contributed by atoms with van der Waals surface area (Å²) in [5.74, 6) is 1.23. The Bertz CT molecular complexity index is 1010. The van der Waals surface area contributed by atoms with Gasteiger partial charge in [-0.1, -0.05) is 41.9 Å². The number of ether oxygens (including phenoxy) is 2. The molecule has 0 spiro atoms. The number of halogens is 1. The summed E-state index contributed by atoms with van der Waals surface area (Å²) in [6.07, 6.45) is 0.592. The highest BCUT2D eigenvalue weighted by Gasteiger charge is 2.08. The van der Waals surface area contributed by atoms with Crippen LogP contribution in [0, 0.1) is 11.3 Å². The smallest absolute Gasteiger partial charge is 0.227 e. The largest absolute Gasteiger partial charge is 0.493 e. The molecule has 1 amide bonds. The van der Waals surface area contributed by atoms with Crippen LogP contribution in [0.4, 0.5) is 5.69 Å². The second kappa shape index (κ2) is 10.9. The molecule has 30 heavy (non-hydrogen) atoms. The summed E-state index contributed by atoms with van der Waals surface area (Å²) in [5, 5.41) is 12.3. The topological polar surface area (TPSA) is 71.3 Å². The van der Waals surface area contributed by atoms with Gasteiger partial charge in [0.15, 0.2) is 0 Å². The van der Waals surface area contributed by atoms with Gasteiger partial charge >= 0.3 is 0 Å². The van der Waals surface area contributed by atoms with Crippen molar-refractivity contribution >= 4 is 23.2 Å². The lowest BCUT2D eigenvalue weighted by atomic mass is 10.1. The third-order valence-electron chi connectivity index (χ3n) is 4.30. The van der Waals surface area contributed by atoms with Gasteiger partial charge in [-0.25, -0.2) is 0 Å². The Morgan fingerprint density at radius 1 is 0.933 bits per heavy atom. The fraction of sp³-hybridized carbons (Fsp3) is 0.167. The molecule has 0 aliphatic carbocycles. The molecule has 0 aliphatic rings. The number of anilines is 1. The third kappa shape index (κ3) is 6.54. The average molecular weight is 421 g/mol. The first-order valence-corrected chi connectivity index (χ1v) is 9.86. The van der Waals surface area contributed by atoms with Crippen LogP contribution in [-0.2, 0) is 17.8 Å². The lowest BCUT2D eigenvalue weighted by Gasteiger charge is -2.13. The molecule has 0 radical (unpaired) electrons. The van der Waals surface area contributed by atoms with Gasteiger partial charge in [0.2, 0.25) is 5.91 Å². The zero-order valence-corrected chi connectivity index (χ0v) is 17.1. The molecule has 3 rings (SSSR count). The molecule has 3 aromatic carbocycles. The van der Waals surface area contributed by atoms with Crippen LogP contribution < -0.4 is 14.8 Å². The van der Waals surface area contributed by atoms with Gasteiger partial charge < -0.3 is 14.8 Å². The van der Waals surface area contributed by atoms with Crippen LogP contribution >= 0.6 is 11.6 Å². The van der Waals surface area contributed by atoms with Gasteiger partial charge in [0.25, 0.3) is 0 Å². The Hall–Kier alpha value is -3.49. The van der Waals surface area contributed by atoms with E-state index in [4.69, 9.17) is 26.3 Å². The minimum absolute atomic E-state index is 0.141. The number of benzene rings is 3. The standard InChI is InChI=1S/C24H21ClN2O3/c25-20-7-11-21(12-8-20)29-16-14-24(28)27-23-4-2-1-3-19(23)17-30-22-9-5-18(6-10-22)13-15-26/h1-12H,13-14,16-17H2,(H,27,28). The highest BCUT2D eigenvalue weighted by molar-refractivity contribution is 6.30. The molecule has 6 heteroatoms. The van der Waals surface area contributed by atoms with Crippen LogP contribution in [0.2, 0.25) is 5.02 Å². The van der Waals surface area contributed by atoms with Gasteiger partial charge in [-0.3, -0.25) is 4.79 Å². The fourth-order valence-corrected chi connectivity index (χ4v) is 2.86. The fourth-order valence-electron chi connectivity index (χ4n) is 2.73. The molecule has 0 bridgehead atoms. The lowest BCUT2D eigenvalue weighted by Crippen LogP contribution is -2.16. The van der Waals surface area contributed by atoms with Crippen molar-refractivity contribution < 1.29 is 14.3 Å². The summed E-state index contributed by atoms with van der Waals surface area (Å²) < 4.78 is 11.4. The number of rotatable bonds is 9. The lowest BCUT2D eigenvalue weighted by molar-refractivity contribution is -0.116. The van der Waals surface area contributed by atoms with Gasteiger partial charge in [0, 0.05) is 16.3 Å². The Kier molecular flexibility index (Phi) is 7.71. The maximum atomic E-state index is 12.3. The monoisotopic (exact) mass is 420 g/mol. The number of para-hydroxylation sites is 1. The number of nitriles is 1. The summed E-state index contributed by atoms with van der Waals surface area (Å²) in [5.41, 5.74) is 2.51. The minimum Gasteiger partial charge on any atom is -0.493 e. The minimum atomic E-state index is -0.141. The summed E-state index contributed by atoms with van der Waals surface area (Å²) >= 11 is 5.84. The Balaban J connectivity index is 1.50. The van der Waals surface area contributed by atoms with E-state index in [1.807, 2.05) is 48.5 Å². The molecule has 0 unspecified atom stereocenters. The van der Waals surface area contributed by atoms with Crippen LogP contribution in [0.5, 0.6) is 11.5 Å². The third-order valence-corrected chi connectivity index (χ3v) is 4.56. The highest BCUT2D eigenvalue weighted by atomic mass is 35.5. The van der Waals surface area contributed by atoms with Crippen molar-refractivity contribution in [1.29, 1.82) is 5.26 Å². The highest BCUT2D eigenvalue weighted by Crippen LogP contribution is 2.20. The molecular formula is C24H21ClN2O3. The van der Waals surface area contributed by atoms with Gasteiger partial charge in [-0.2, -0.15) is 5.26 Å².